The first-order valence-electron chi connectivity index (χ1n) is 23.1. The van der Waals surface area contributed by atoms with Crippen molar-refractivity contribution in [1.29, 1.82) is 0 Å². The summed E-state index contributed by atoms with van der Waals surface area (Å²) in [5, 5.41) is 2.01. The number of rotatable bonds is 18. The second kappa shape index (κ2) is 23.7. The molecule has 7 rings (SSSR count). The molecule has 12 nitrogen and oxygen atoms in total. The first-order valence-corrected chi connectivity index (χ1v) is 23.1. The van der Waals surface area contributed by atoms with Crippen LogP contribution in [0.1, 0.15) is 62.0 Å². The Hall–Kier alpha value is -6.92. The van der Waals surface area contributed by atoms with Crippen molar-refractivity contribution in [3.8, 4) is 51.2 Å². The molecule has 0 N–H and O–H groups in total. The number of fused-ring (bicyclic) bond motifs is 2. The van der Waals surface area contributed by atoms with Crippen molar-refractivity contribution in [2.75, 3.05) is 79.2 Å². The fourth-order valence-corrected chi connectivity index (χ4v) is 8.72. The number of hydrogen-bond donors (Lipinski definition) is 0. The summed E-state index contributed by atoms with van der Waals surface area (Å²) in [6, 6.07) is 29.5. The summed E-state index contributed by atoms with van der Waals surface area (Å²) in [5.74, 6) is 2.36. The number of benzene rings is 5. The van der Waals surface area contributed by atoms with Crippen molar-refractivity contribution in [3.05, 3.63) is 125 Å². The topological polar surface area (TPSA) is 112 Å². The first kappa shape index (κ1) is 50.5. The van der Waals surface area contributed by atoms with Crippen LogP contribution in [-0.4, -0.2) is 91.2 Å². The van der Waals surface area contributed by atoms with E-state index in [0.717, 1.165) is 94.6 Å². The minimum absolute atomic E-state index is 0. The largest absolute Gasteiger partial charge is 1.00 e. The predicted octanol–water partition coefficient (Wildman–Crippen LogP) is 7.06. The third kappa shape index (κ3) is 11.4. The number of nitrogens with zero attached hydrogens (tertiary/aromatic N) is 3. The lowest BCUT2D eigenvalue weighted by Gasteiger charge is -2.30. The highest BCUT2D eigenvalue weighted by Gasteiger charge is 2.25. The van der Waals surface area contributed by atoms with Gasteiger partial charge in [-0.15, -0.1) is 0 Å². The zero-order valence-electron chi connectivity index (χ0n) is 40.3. The summed E-state index contributed by atoms with van der Waals surface area (Å²) in [6.45, 7) is 13.8. The molecule has 0 unspecified atom stereocenters. The van der Waals surface area contributed by atoms with Crippen LogP contribution in [0.2, 0.25) is 0 Å². The van der Waals surface area contributed by atoms with E-state index < -0.39 is 5.97 Å². The van der Waals surface area contributed by atoms with Crippen molar-refractivity contribution in [1.82, 2.24) is 9.48 Å². The van der Waals surface area contributed by atoms with E-state index in [2.05, 4.69) is 78.5 Å². The van der Waals surface area contributed by atoms with Crippen molar-refractivity contribution < 1.29 is 54.8 Å². The first-order chi connectivity index (χ1) is 32.6. The van der Waals surface area contributed by atoms with Gasteiger partial charge in [0.2, 0.25) is 11.1 Å². The fraction of sp³-hybridized carbons (Fsp3) is 0.327. The van der Waals surface area contributed by atoms with Crippen molar-refractivity contribution in [2.45, 2.75) is 40.5 Å². The van der Waals surface area contributed by atoms with Crippen LogP contribution >= 0.6 is 0 Å². The fourth-order valence-electron chi connectivity index (χ4n) is 8.72. The number of anilines is 1. The summed E-state index contributed by atoms with van der Waals surface area (Å²) < 4.78 is 42.7. The van der Waals surface area contributed by atoms with Crippen LogP contribution in [0.5, 0.6) is 28.7 Å². The maximum atomic E-state index is 14.1. The summed E-state index contributed by atoms with van der Waals surface area (Å²) >= 11 is 0. The maximum Gasteiger partial charge on any atom is 0.338 e. The Morgan fingerprint density at radius 2 is 1.41 bits per heavy atom. The molecular weight excluding hydrogens is 882 g/mol. The monoisotopic (exact) mass is 943 g/mol. The lowest BCUT2D eigenvalue weighted by atomic mass is 9.90. The van der Waals surface area contributed by atoms with Gasteiger partial charge >= 0.3 is 11.9 Å². The molecule has 1 fully saturated rings. The Morgan fingerprint density at radius 3 is 2.07 bits per heavy atom. The smallest absolute Gasteiger partial charge is 0.338 e. The highest BCUT2D eigenvalue weighted by atomic mass is 35.5. The molecule has 3 aliphatic rings. The lowest BCUT2D eigenvalue weighted by Crippen LogP contribution is -3.00. The molecule has 68 heavy (non-hydrogen) atoms. The van der Waals surface area contributed by atoms with Gasteiger partial charge in [-0.1, -0.05) is 36.4 Å². The minimum atomic E-state index is -0.528. The summed E-state index contributed by atoms with van der Waals surface area (Å²) in [4.78, 5) is 31.5. The van der Waals surface area contributed by atoms with Crippen molar-refractivity contribution in [3.63, 3.8) is 0 Å². The molecule has 1 aliphatic carbocycles. The van der Waals surface area contributed by atoms with Gasteiger partial charge in [0.05, 0.1) is 46.7 Å². The summed E-state index contributed by atoms with van der Waals surface area (Å²) in [5.41, 5.74) is 6.64. The molecular formula is C55H62ClN3O9. The second-order valence-corrected chi connectivity index (χ2v) is 16.2. The molecule has 0 radical (unpaired) electrons. The highest BCUT2D eigenvalue weighted by Crippen LogP contribution is 2.43. The molecule has 358 valence electrons. The number of esters is 2. The van der Waals surface area contributed by atoms with E-state index >= 15 is 0 Å². The van der Waals surface area contributed by atoms with Gasteiger partial charge in [-0.05, 0) is 112 Å². The summed E-state index contributed by atoms with van der Waals surface area (Å²) in [6.07, 6.45) is 8.56. The molecule has 4 aromatic carbocycles. The van der Waals surface area contributed by atoms with E-state index in [9.17, 15) is 9.59 Å². The average molecular weight is 945 g/mol. The van der Waals surface area contributed by atoms with Crippen molar-refractivity contribution >= 4 is 40.7 Å². The number of halogens is 1. The van der Waals surface area contributed by atoms with E-state index in [-0.39, 0.29) is 24.3 Å². The number of carbonyl (C=O) groups is 2. The van der Waals surface area contributed by atoms with Crippen LogP contribution in [0.15, 0.2) is 108 Å². The van der Waals surface area contributed by atoms with Crippen LogP contribution in [0, 0.1) is 5.92 Å². The van der Waals surface area contributed by atoms with E-state index in [1.54, 1.807) is 39.7 Å². The van der Waals surface area contributed by atoms with Gasteiger partial charge in [0.15, 0.2) is 23.0 Å². The molecule has 0 spiro atoms. The van der Waals surface area contributed by atoms with E-state index in [1.807, 2.05) is 54.6 Å². The SMILES string of the molecule is CCN(CC)c1ccc2c(-c3ccccc3C(=O)OCC3CCN(/C=C/C(=O)Oc4cc(/C=C\c5cc(OC)c(OC)c(OC)c5)ccc4OC)CC3)c3ccc(=[N+](CC)CC)cc-3oc2c1.[Cl-]. The van der Waals surface area contributed by atoms with Gasteiger partial charge < -0.3 is 55.0 Å². The predicted molar refractivity (Wildman–Crippen MR) is 266 cm³/mol. The number of ether oxygens (including phenoxy) is 6. The van der Waals surface area contributed by atoms with Crippen LogP contribution < -0.4 is 50.9 Å². The zero-order chi connectivity index (χ0) is 47.5. The molecule has 1 saturated heterocycles. The molecule has 0 aromatic heterocycles. The Morgan fingerprint density at radius 1 is 0.735 bits per heavy atom. The molecule has 0 atom stereocenters. The zero-order valence-corrected chi connectivity index (χ0v) is 41.1. The van der Waals surface area contributed by atoms with Gasteiger partial charge in [-0.2, -0.15) is 0 Å². The standard InChI is InChI=1S/C55H62N3O9.ClH/c1-9-57(10-2)40-20-22-44-47(34-40)66-48-35-41(58(11-3)12-4)21-23-45(48)53(44)42-15-13-14-16-43(42)55(60)65-36-38-25-28-56(29-26-38)30-27-52(59)67-49-31-37(19-24-46(49)61-5)17-18-39-32-50(62-6)54(64-8)51(33-39)63-7;/h13-24,27,30-35,38H,9-12,25-26,28-29,36H2,1-8H3;1H/q+1;/p-1/b18-17-,30-27+;. The van der Waals surface area contributed by atoms with Gasteiger partial charge in [0.1, 0.15) is 24.4 Å². The normalized spacial score (nSPS) is 12.9. The molecule has 2 aliphatic heterocycles. The Labute approximate surface area is 405 Å². The number of hydrogen-bond acceptors (Lipinski definition) is 11. The molecule has 0 bridgehead atoms. The third-order valence-electron chi connectivity index (χ3n) is 12.4. The number of piperidine rings is 1. The number of carbonyl (C=O) groups excluding carboxylic acids is 2. The molecule has 0 saturated carbocycles. The second-order valence-electron chi connectivity index (χ2n) is 16.2. The number of likely N-dealkylation sites (tertiary alicyclic amines) is 1. The van der Waals surface area contributed by atoms with Crippen LogP contribution in [0.3, 0.4) is 0 Å². The average Bonchev–Trinajstić information content (AvgIpc) is 3.36. The van der Waals surface area contributed by atoms with Gasteiger partial charge in [-0.25, -0.2) is 14.2 Å². The van der Waals surface area contributed by atoms with E-state index in [1.165, 1.54) is 13.2 Å². The van der Waals surface area contributed by atoms with Crippen LogP contribution in [0.4, 0.5) is 5.69 Å². The van der Waals surface area contributed by atoms with Gasteiger partial charge in [-0.3, -0.25) is 0 Å². The van der Waals surface area contributed by atoms with Crippen LogP contribution in [-0.2, 0) is 9.53 Å². The lowest BCUT2D eigenvalue weighted by molar-refractivity contribution is -0.129. The van der Waals surface area contributed by atoms with Gasteiger partial charge in [0, 0.05) is 72.8 Å². The Balaban J connectivity index is 0.00000761. The molecule has 2 heterocycles. The van der Waals surface area contributed by atoms with Crippen molar-refractivity contribution in [2.24, 2.45) is 5.92 Å². The van der Waals surface area contributed by atoms with Gasteiger partial charge in [0.25, 0.3) is 0 Å². The van der Waals surface area contributed by atoms with E-state index in [0.29, 0.717) is 54.0 Å². The molecule has 4 aromatic rings. The minimum Gasteiger partial charge on any atom is -1.00 e. The Bertz CT molecular complexity index is 2770. The van der Waals surface area contributed by atoms with E-state index in [4.69, 9.17) is 32.8 Å². The number of methoxy groups -OCH3 is 4. The highest BCUT2D eigenvalue weighted by molar-refractivity contribution is 6.08. The molecule has 13 heteroatoms. The third-order valence-corrected chi connectivity index (χ3v) is 12.4. The quantitative estimate of drug-likeness (QED) is 0.0221. The Kier molecular flexibility index (Phi) is 17.6. The van der Waals surface area contributed by atoms with Crippen LogP contribution in [0.25, 0.3) is 45.6 Å². The summed E-state index contributed by atoms with van der Waals surface area (Å²) in [7, 11) is 6.23. The molecule has 0 amide bonds. The maximum absolute atomic E-state index is 14.1.